The summed E-state index contributed by atoms with van der Waals surface area (Å²) >= 11 is 0. The summed E-state index contributed by atoms with van der Waals surface area (Å²) in [5.74, 6) is 0. The summed E-state index contributed by atoms with van der Waals surface area (Å²) in [5.41, 5.74) is 19.4. The fourth-order valence-corrected chi connectivity index (χ4v) is 10.7. The van der Waals surface area contributed by atoms with E-state index in [2.05, 4.69) is 215 Å². The van der Waals surface area contributed by atoms with Crippen LogP contribution in [-0.2, 0) is 16.2 Å². The van der Waals surface area contributed by atoms with Crippen molar-refractivity contribution in [2.24, 2.45) is 0 Å². The van der Waals surface area contributed by atoms with E-state index in [4.69, 9.17) is 0 Å². The summed E-state index contributed by atoms with van der Waals surface area (Å²) < 4.78 is 0. The fraction of sp³-hybridized carbons (Fsp3) is 0.200. The van der Waals surface area contributed by atoms with E-state index in [-0.39, 0.29) is 22.3 Å². The van der Waals surface area contributed by atoms with Crippen LogP contribution in [0.25, 0.3) is 34.4 Å². The molecule has 1 unspecified atom stereocenters. The zero-order chi connectivity index (χ0) is 38.8. The van der Waals surface area contributed by atoms with Crippen LogP contribution < -0.4 is 20.2 Å². The van der Waals surface area contributed by atoms with Gasteiger partial charge in [-0.2, -0.15) is 0 Å². The van der Waals surface area contributed by atoms with E-state index in [9.17, 15) is 0 Å². The van der Waals surface area contributed by atoms with Gasteiger partial charge in [0.05, 0.1) is 23.1 Å². The molecule has 7 aromatic rings. The van der Waals surface area contributed by atoms with Gasteiger partial charge in [-0.15, -0.1) is 0 Å². The molecule has 278 valence electrons. The first kappa shape index (κ1) is 34.2. The third-order valence-corrected chi connectivity index (χ3v) is 13.9. The second kappa shape index (κ2) is 11.9. The van der Waals surface area contributed by atoms with Crippen LogP contribution in [0, 0.1) is 0 Å². The monoisotopic (exact) mass is 736 g/mol. The highest BCUT2D eigenvalue weighted by molar-refractivity contribution is 6.00. The molecule has 0 aromatic heterocycles. The van der Waals surface area contributed by atoms with E-state index in [0.717, 1.165) is 6.42 Å². The highest BCUT2D eigenvalue weighted by atomic mass is 15.2. The molecule has 2 heteroatoms. The van der Waals surface area contributed by atoms with Crippen molar-refractivity contribution in [2.75, 3.05) is 9.80 Å². The molecule has 1 aliphatic carbocycles. The van der Waals surface area contributed by atoms with Crippen molar-refractivity contribution in [3.8, 4) is 22.3 Å². The molecule has 0 radical (unpaired) electrons. The lowest BCUT2D eigenvalue weighted by molar-refractivity contribution is 0.567. The van der Waals surface area contributed by atoms with Gasteiger partial charge in [0, 0.05) is 27.6 Å². The first-order valence-electron chi connectivity index (χ1n) is 20.6. The number of nitrogens with zero attached hydrogens (tertiary/aromatic N) is 2. The van der Waals surface area contributed by atoms with Crippen LogP contribution in [0.15, 0.2) is 152 Å². The number of benzene rings is 7. The number of rotatable bonds is 5. The van der Waals surface area contributed by atoms with Gasteiger partial charge in [-0.3, -0.25) is 0 Å². The standard InChI is InChI=1S/C55H48N2/c1-53(2)44-22-15-23-45-50(44)57-51-46(53)31-39(35-16-9-7-10-17-35)32-48(51)55(5,6)49-34-40(33-47(52(49)57)54(45,3)4)37-24-27-42(28-25-37)56(41-20-11-8-12-21-41)43-29-26-36-18-13-14-19-38(36)30-43/h7-28,30-34,43H,29H2,1-6H3. The maximum Gasteiger partial charge on any atom is 0.0566 e. The van der Waals surface area contributed by atoms with E-state index in [1.54, 1.807) is 0 Å². The molecule has 2 nitrogen and oxygen atoms in total. The third-order valence-electron chi connectivity index (χ3n) is 13.9. The second-order valence-corrected chi connectivity index (χ2v) is 18.2. The Morgan fingerprint density at radius 2 is 0.860 bits per heavy atom. The SMILES string of the molecule is CC1(C)c2cccc3c2N2c4c1cc(-c1ccccc1)cc4C(C)(C)c1cc(-c4ccc(N(c5ccccc5)C5C=c6ccccc6=CC5)cc4)cc(c12)C3(C)C. The van der Waals surface area contributed by atoms with Gasteiger partial charge < -0.3 is 9.80 Å². The molecule has 11 rings (SSSR count). The fourth-order valence-electron chi connectivity index (χ4n) is 10.7. The minimum Gasteiger partial charge on any atom is -0.334 e. The number of para-hydroxylation sites is 2. The number of anilines is 5. The van der Waals surface area contributed by atoms with Gasteiger partial charge in [0.15, 0.2) is 0 Å². The molecular weight excluding hydrogens is 689 g/mol. The molecule has 0 N–H and O–H groups in total. The first-order chi connectivity index (χ1) is 27.5. The Morgan fingerprint density at radius 1 is 0.421 bits per heavy atom. The first-order valence-corrected chi connectivity index (χ1v) is 20.6. The zero-order valence-electron chi connectivity index (χ0n) is 33.8. The van der Waals surface area contributed by atoms with Gasteiger partial charge in [-0.25, -0.2) is 0 Å². The average molecular weight is 737 g/mol. The summed E-state index contributed by atoms with van der Waals surface area (Å²) in [6.07, 6.45) is 5.78. The average Bonchev–Trinajstić information content (AvgIpc) is 3.23. The van der Waals surface area contributed by atoms with Crippen LogP contribution in [-0.4, -0.2) is 6.04 Å². The Morgan fingerprint density at radius 3 is 1.42 bits per heavy atom. The molecule has 3 heterocycles. The maximum atomic E-state index is 2.68. The van der Waals surface area contributed by atoms with Crippen LogP contribution in [0.1, 0.15) is 81.3 Å². The highest BCUT2D eigenvalue weighted by Crippen LogP contribution is 2.66. The lowest BCUT2D eigenvalue weighted by Crippen LogP contribution is -2.43. The Labute approximate surface area is 337 Å². The van der Waals surface area contributed by atoms with Crippen molar-refractivity contribution in [2.45, 2.75) is 70.3 Å². The molecule has 7 aromatic carbocycles. The predicted molar refractivity (Wildman–Crippen MR) is 240 cm³/mol. The second-order valence-electron chi connectivity index (χ2n) is 18.2. The largest absolute Gasteiger partial charge is 0.334 e. The van der Waals surface area contributed by atoms with Crippen molar-refractivity contribution in [1.29, 1.82) is 0 Å². The lowest BCUT2D eigenvalue weighted by atomic mass is 9.60. The summed E-state index contributed by atoms with van der Waals surface area (Å²) in [6, 6.07) is 57.2. The Hall–Kier alpha value is -6.12. The smallest absolute Gasteiger partial charge is 0.0566 e. The molecule has 0 saturated heterocycles. The topological polar surface area (TPSA) is 6.48 Å². The van der Waals surface area contributed by atoms with Crippen LogP contribution >= 0.6 is 0 Å². The third kappa shape index (κ3) is 4.83. The van der Waals surface area contributed by atoms with Crippen molar-refractivity contribution in [3.05, 3.63) is 195 Å². The molecule has 0 fully saturated rings. The number of hydrogen-bond donors (Lipinski definition) is 0. The van der Waals surface area contributed by atoms with Gasteiger partial charge >= 0.3 is 0 Å². The van der Waals surface area contributed by atoms with Crippen LogP contribution in [0.3, 0.4) is 0 Å². The minimum atomic E-state index is -0.241. The normalized spacial score (nSPS) is 18.1. The summed E-state index contributed by atoms with van der Waals surface area (Å²) in [7, 11) is 0. The summed E-state index contributed by atoms with van der Waals surface area (Å²) in [4.78, 5) is 5.18. The quantitative estimate of drug-likeness (QED) is 0.174. The molecule has 0 bridgehead atoms. The van der Waals surface area contributed by atoms with E-state index < -0.39 is 0 Å². The van der Waals surface area contributed by atoms with Gasteiger partial charge in [-0.1, -0.05) is 157 Å². The van der Waals surface area contributed by atoms with Gasteiger partial charge in [-0.05, 0) is 121 Å². The molecule has 0 amide bonds. The van der Waals surface area contributed by atoms with E-state index in [0.29, 0.717) is 0 Å². The summed E-state index contributed by atoms with van der Waals surface area (Å²) in [5, 5.41) is 2.62. The molecule has 3 aliphatic heterocycles. The lowest BCUT2D eigenvalue weighted by Gasteiger charge is -2.55. The van der Waals surface area contributed by atoms with Crippen LogP contribution in [0.2, 0.25) is 0 Å². The highest BCUT2D eigenvalue weighted by Gasteiger charge is 2.52. The van der Waals surface area contributed by atoms with Gasteiger partial charge in [0.2, 0.25) is 0 Å². The van der Waals surface area contributed by atoms with E-state index in [1.807, 2.05) is 0 Å². The Kier molecular flexibility index (Phi) is 7.16. The maximum absolute atomic E-state index is 2.68. The van der Waals surface area contributed by atoms with Crippen LogP contribution in [0.4, 0.5) is 28.4 Å². The molecule has 4 aliphatic rings. The van der Waals surface area contributed by atoms with Crippen molar-refractivity contribution in [3.63, 3.8) is 0 Å². The van der Waals surface area contributed by atoms with E-state index >= 15 is 0 Å². The van der Waals surface area contributed by atoms with E-state index in [1.165, 1.54) is 94.5 Å². The van der Waals surface area contributed by atoms with Crippen molar-refractivity contribution in [1.82, 2.24) is 0 Å². The molecule has 1 atom stereocenters. The Balaban J connectivity index is 1.09. The molecule has 0 spiro atoms. The van der Waals surface area contributed by atoms with Crippen LogP contribution in [0.5, 0.6) is 0 Å². The van der Waals surface area contributed by atoms with Crippen molar-refractivity contribution >= 4 is 40.6 Å². The zero-order valence-corrected chi connectivity index (χ0v) is 33.8. The minimum absolute atomic E-state index is 0.163. The summed E-state index contributed by atoms with van der Waals surface area (Å²) in [6.45, 7) is 14.7. The predicted octanol–water partition coefficient (Wildman–Crippen LogP) is 12.6. The van der Waals surface area contributed by atoms with Gasteiger partial charge in [0.1, 0.15) is 0 Å². The number of hydrogen-bond acceptors (Lipinski definition) is 2. The van der Waals surface area contributed by atoms with Crippen molar-refractivity contribution < 1.29 is 0 Å². The molecular formula is C55H48N2. The number of fused-ring (bicyclic) bond motifs is 1. The Bertz CT molecular complexity index is 2900. The molecule has 57 heavy (non-hydrogen) atoms. The van der Waals surface area contributed by atoms with Gasteiger partial charge in [0.25, 0.3) is 0 Å². The molecule has 0 saturated carbocycles.